The lowest BCUT2D eigenvalue weighted by Crippen LogP contribution is -2.50. The van der Waals surface area contributed by atoms with Crippen molar-refractivity contribution in [1.82, 2.24) is 14.6 Å². The molecule has 0 radical (unpaired) electrons. The van der Waals surface area contributed by atoms with Gasteiger partial charge in [-0.1, -0.05) is 44.2 Å². The Morgan fingerprint density at radius 3 is 2.33 bits per heavy atom. The zero-order chi connectivity index (χ0) is 26.6. The highest BCUT2D eigenvalue weighted by Crippen LogP contribution is 2.31. The zero-order valence-electron chi connectivity index (χ0n) is 20.3. The molecular formula is C25H31N3O7S. The van der Waals surface area contributed by atoms with E-state index in [-0.39, 0.29) is 47.2 Å². The Morgan fingerprint density at radius 1 is 1.08 bits per heavy atom. The summed E-state index contributed by atoms with van der Waals surface area (Å²) in [5.74, 6) is -0.865. The first-order valence-electron chi connectivity index (χ1n) is 11.5. The van der Waals surface area contributed by atoms with Gasteiger partial charge < -0.3 is 25.6 Å². The summed E-state index contributed by atoms with van der Waals surface area (Å²) >= 11 is 0. The molecule has 194 valence electrons. The molecule has 2 aromatic carbocycles. The summed E-state index contributed by atoms with van der Waals surface area (Å²) in [6, 6.07) is 12.2. The number of amides is 1. The molecule has 36 heavy (non-hydrogen) atoms. The molecule has 1 aromatic heterocycles. The number of Topliss-reactive ketones (excluding diaryl/α,β-unsaturated/α-hetero) is 1. The first-order chi connectivity index (χ1) is 16.9. The molecule has 0 saturated heterocycles. The highest BCUT2D eigenvalue weighted by atomic mass is 32.2. The van der Waals surface area contributed by atoms with Gasteiger partial charge in [-0.15, -0.1) is 0 Å². The van der Waals surface area contributed by atoms with Crippen LogP contribution < -0.4 is 5.32 Å². The molecular weight excluding hydrogens is 486 g/mol. The number of fused-ring (bicyclic) bond motifs is 1. The van der Waals surface area contributed by atoms with E-state index in [0.29, 0.717) is 5.52 Å². The summed E-state index contributed by atoms with van der Waals surface area (Å²) in [4.78, 5) is 26.0. The van der Waals surface area contributed by atoms with Crippen molar-refractivity contribution >= 4 is 32.8 Å². The van der Waals surface area contributed by atoms with E-state index < -0.39 is 34.0 Å². The van der Waals surface area contributed by atoms with E-state index >= 15 is 0 Å². The van der Waals surface area contributed by atoms with E-state index in [4.69, 9.17) is 0 Å². The number of benzene rings is 2. The average Bonchev–Trinajstić information content (AvgIpc) is 3.13. The van der Waals surface area contributed by atoms with Crippen LogP contribution in [0.2, 0.25) is 0 Å². The van der Waals surface area contributed by atoms with Gasteiger partial charge in [0.1, 0.15) is 0 Å². The normalized spacial score (nSPS) is 13.7. The predicted octanol–water partition coefficient (Wildman–Crippen LogP) is 2.96. The van der Waals surface area contributed by atoms with E-state index in [1.54, 1.807) is 24.3 Å². The minimum atomic E-state index is -4.16. The lowest BCUT2D eigenvalue weighted by Gasteiger charge is -2.30. The van der Waals surface area contributed by atoms with Crippen molar-refractivity contribution in [1.29, 1.82) is 0 Å². The van der Waals surface area contributed by atoms with Crippen LogP contribution >= 0.6 is 0 Å². The molecule has 0 aliphatic rings. The van der Waals surface area contributed by atoms with Gasteiger partial charge in [0.05, 0.1) is 22.6 Å². The Balaban J connectivity index is 1.96. The third-order valence-corrected chi connectivity index (χ3v) is 7.60. The van der Waals surface area contributed by atoms with Crippen molar-refractivity contribution in [2.24, 2.45) is 5.92 Å². The zero-order valence-corrected chi connectivity index (χ0v) is 21.1. The van der Waals surface area contributed by atoms with Gasteiger partial charge in [-0.25, -0.2) is 13.2 Å². The van der Waals surface area contributed by atoms with E-state index in [2.05, 4.69) is 10.3 Å². The van der Waals surface area contributed by atoms with Crippen LogP contribution in [0.1, 0.15) is 36.7 Å². The molecule has 0 aliphatic heterocycles. The van der Waals surface area contributed by atoms with Gasteiger partial charge in [0.25, 0.3) is 0 Å². The second-order valence-electron chi connectivity index (χ2n) is 9.14. The number of aliphatic hydroxyl groups is 1. The quantitative estimate of drug-likeness (QED) is 0.244. The largest absolute Gasteiger partial charge is 0.494 e. The third-order valence-electron chi connectivity index (χ3n) is 5.77. The van der Waals surface area contributed by atoms with Crippen LogP contribution in [0.25, 0.3) is 10.9 Å². The fourth-order valence-corrected chi connectivity index (χ4v) is 5.79. The van der Waals surface area contributed by atoms with Gasteiger partial charge in [-0.05, 0) is 43.0 Å². The summed E-state index contributed by atoms with van der Waals surface area (Å²) in [6.45, 7) is 4.64. The first kappa shape index (κ1) is 27.2. The van der Waals surface area contributed by atoms with Crippen LogP contribution in [0.5, 0.6) is 5.88 Å². The molecule has 0 saturated carbocycles. The van der Waals surface area contributed by atoms with Crippen molar-refractivity contribution < 1.29 is 33.3 Å². The number of aromatic nitrogens is 1. The van der Waals surface area contributed by atoms with Gasteiger partial charge >= 0.3 is 6.09 Å². The number of aliphatic hydroxyl groups excluding tert-OH is 1. The number of carbonyl (C=O) groups excluding carboxylic acids is 1. The van der Waals surface area contributed by atoms with E-state index in [1.165, 1.54) is 25.1 Å². The van der Waals surface area contributed by atoms with Crippen LogP contribution in [-0.4, -0.2) is 70.1 Å². The number of rotatable bonds is 11. The fourth-order valence-electron chi connectivity index (χ4n) is 4.15. The minimum Gasteiger partial charge on any atom is -0.494 e. The molecule has 3 rings (SSSR count). The third kappa shape index (κ3) is 6.23. The Bertz CT molecular complexity index is 1340. The van der Waals surface area contributed by atoms with Crippen molar-refractivity contribution in [3.8, 4) is 5.88 Å². The summed E-state index contributed by atoms with van der Waals surface area (Å²) in [6.07, 6.45) is -2.51. The number of carbonyl (C=O) groups is 2. The monoisotopic (exact) mass is 517 g/mol. The maximum absolute atomic E-state index is 13.7. The van der Waals surface area contributed by atoms with E-state index in [9.17, 15) is 33.3 Å². The molecule has 10 nitrogen and oxygen atoms in total. The van der Waals surface area contributed by atoms with E-state index in [1.807, 2.05) is 19.9 Å². The minimum absolute atomic E-state index is 0.00826. The molecule has 0 bridgehead atoms. The number of nitrogens with zero attached hydrogens (tertiary/aromatic N) is 1. The topological polar surface area (TPSA) is 160 Å². The van der Waals surface area contributed by atoms with Crippen LogP contribution in [0.4, 0.5) is 4.79 Å². The van der Waals surface area contributed by atoms with Crippen molar-refractivity contribution in [3.05, 3.63) is 59.7 Å². The van der Waals surface area contributed by atoms with Crippen molar-refractivity contribution in [3.63, 3.8) is 0 Å². The van der Waals surface area contributed by atoms with Crippen LogP contribution in [-0.2, 0) is 16.4 Å². The van der Waals surface area contributed by atoms with Gasteiger partial charge in [-0.3, -0.25) is 4.79 Å². The lowest BCUT2D eigenvalue weighted by molar-refractivity contribution is 0.0980. The summed E-state index contributed by atoms with van der Waals surface area (Å²) in [5, 5.41) is 32.9. The second-order valence-corrected chi connectivity index (χ2v) is 11.1. The van der Waals surface area contributed by atoms with Crippen molar-refractivity contribution in [2.45, 2.75) is 44.2 Å². The van der Waals surface area contributed by atoms with Crippen molar-refractivity contribution in [2.75, 3.05) is 13.1 Å². The molecule has 11 heteroatoms. The van der Waals surface area contributed by atoms with Gasteiger partial charge in [0.2, 0.25) is 15.9 Å². The van der Waals surface area contributed by atoms with Crippen LogP contribution in [0, 0.1) is 5.92 Å². The lowest BCUT2D eigenvalue weighted by atomic mass is 10.0. The number of sulfonamides is 1. The number of carboxylic acid groups (broad SMARTS) is 1. The molecule has 0 spiro atoms. The van der Waals surface area contributed by atoms with Crippen LogP contribution in [0.15, 0.2) is 53.4 Å². The number of aromatic amines is 1. The molecule has 0 fully saturated rings. The number of ketones is 1. The summed E-state index contributed by atoms with van der Waals surface area (Å²) in [5.41, 5.74) is 1.18. The number of H-pyrrole nitrogens is 1. The maximum atomic E-state index is 13.7. The fraction of sp³-hybridized carbons (Fsp3) is 0.360. The number of hydrogen-bond acceptors (Lipinski definition) is 6. The second kappa shape index (κ2) is 11.1. The van der Waals surface area contributed by atoms with E-state index in [0.717, 1.165) is 9.87 Å². The Morgan fingerprint density at radius 2 is 1.75 bits per heavy atom. The number of nitrogens with one attached hydrogen (secondary N) is 2. The first-order valence-corrected chi connectivity index (χ1v) is 12.9. The highest BCUT2D eigenvalue weighted by molar-refractivity contribution is 7.89. The smallest absolute Gasteiger partial charge is 0.404 e. The number of hydrogen-bond donors (Lipinski definition) is 5. The summed E-state index contributed by atoms with van der Waals surface area (Å²) in [7, 11) is -4.16. The molecule has 1 heterocycles. The average molecular weight is 518 g/mol. The highest BCUT2D eigenvalue weighted by Gasteiger charge is 2.32. The molecule has 2 unspecified atom stereocenters. The molecule has 1 amide bonds. The maximum Gasteiger partial charge on any atom is 0.404 e. The standard InChI is InChI=1S/C25H31N3O7S/c1-15(2)13-28(14-22(30)21(27-25(32)33)11-17-7-5-4-6-8-17)36(34,35)18-9-10-20-19(12-18)23(16(3)29)24(31)26-20/h4-10,12,15,21-22,26-27,30-31H,11,13-14H2,1-3H3,(H,32,33). The SMILES string of the molecule is CC(=O)c1c(O)[nH]c2ccc(S(=O)(=O)N(CC(C)C)CC(O)C(Cc3ccccc3)NC(=O)O)cc12. The van der Waals surface area contributed by atoms with Gasteiger partial charge in [0, 0.05) is 24.0 Å². The molecule has 2 atom stereocenters. The molecule has 0 aliphatic carbocycles. The van der Waals surface area contributed by atoms with Gasteiger partial charge in [0.15, 0.2) is 5.78 Å². The number of aromatic hydroxyl groups is 1. The van der Waals surface area contributed by atoms with Gasteiger partial charge in [-0.2, -0.15) is 4.31 Å². The predicted molar refractivity (Wildman–Crippen MR) is 135 cm³/mol. The Labute approximate surface area is 209 Å². The Hall–Kier alpha value is -3.41. The Kier molecular flexibility index (Phi) is 8.39. The summed E-state index contributed by atoms with van der Waals surface area (Å²) < 4.78 is 28.4. The van der Waals surface area contributed by atoms with Crippen LogP contribution in [0.3, 0.4) is 0 Å². The molecule has 5 N–H and O–H groups in total. The molecule has 3 aromatic rings.